The molecule has 4 heteroatoms. The van der Waals surface area contributed by atoms with Gasteiger partial charge in [-0.1, -0.05) is 0 Å². The van der Waals surface area contributed by atoms with Crippen LogP contribution in [0.5, 0.6) is 5.75 Å². The van der Waals surface area contributed by atoms with Gasteiger partial charge in [-0.15, -0.1) is 0 Å². The first-order valence-corrected chi connectivity index (χ1v) is 5.40. The molecule has 0 aliphatic heterocycles. The van der Waals surface area contributed by atoms with Crippen molar-refractivity contribution >= 4 is 5.97 Å². The van der Waals surface area contributed by atoms with E-state index in [1.54, 1.807) is 12.1 Å². The molecule has 1 aromatic rings. The van der Waals surface area contributed by atoms with Crippen molar-refractivity contribution in [3.05, 3.63) is 28.8 Å². The summed E-state index contributed by atoms with van der Waals surface area (Å²) in [6.07, 6.45) is 1.32. The van der Waals surface area contributed by atoms with E-state index in [4.69, 9.17) is 15.6 Å². The van der Waals surface area contributed by atoms with Crippen LogP contribution in [-0.4, -0.2) is 23.7 Å². The third kappa shape index (κ3) is 1.76. The fourth-order valence-corrected chi connectivity index (χ4v) is 2.22. The van der Waals surface area contributed by atoms with Gasteiger partial charge in [0, 0.05) is 6.04 Å². The van der Waals surface area contributed by atoms with E-state index in [1.807, 2.05) is 6.92 Å². The number of nitrogens with two attached hydrogens (primary N) is 1. The number of hydrogen-bond acceptors (Lipinski definition) is 3. The predicted molar refractivity (Wildman–Crippen MR) is 60.0 cm³/mol. The average molecular weight is 221 g/mol. The topological polar surface area (TPSA) is 72.5 Å². The van der Waals surface area contributed by atoms with Crippen LogP contribution >= 0.6 is 0 Å². The molecule has 16 heavy (non-hydrogen) atoms. The lowest BCUT2D eigenvalue weighted by Crippen LogP contribution is -2.19. The van der Waals surface area contributed by atoms with Crippen molar-refractivity contribution in [3.63, 3.8) is 0 Å². The van der Waals surface area contributed by atoms with E-state index in [9.17, 15) is 4.79 Å². The molecule has 2 rings (SSSR count). The van der Waals surface area contributed by atoms with Gasteiger partial charge in [-0.2, -0.15) is 0 Å². The molecule has 3 N–H and O–H groups in total. The van der Waals surface area contributed by atoms with E-state index >= 15 is 0 Å². The Bertz CT molecular complexity index is 429. The number of carbonyl (C=O) groups is 1. The fourth-order valence-electron chi connectivity index (χ4n) is 2.22. The highest BCUT2D eigenvalue weighted by molar-refractivity contribution is 5.90. The lowest BCUT2D eigenvalue weighted by atomic mass is 10.0. The lowest BCUT2D eigenvalue weighted by Gasteiger charge is -2.10. The maximum atomic E-state index is 11.1. The Kier molecular flexibility index (Phi) is 2.83. The van der Waals surface area contributed by atoms with E-state index in [2.05, 4.69) is 0 Å². The van der Waals surface area contributed by atoms with Gasteiger partial charge in [0.25, 0.3) is 0 Å². The van der Waals surface area contributed by atoms with Crippen molar-refractivity contribution in [2.75, 3.05) is 6.61 Å². The summed E-state index contributed by atoms with van der Waals surface area (Å²) in [5, 5.41) is 9.07. The first-order valence-electron chi connectivity index (χ1n) is 5.40. The molecule has 1 unspecified atom stereocenters. The molecule has 0 fully saturated rings. The van der Waals surface area contributed by atoms with Crippen LogP contribution in [0.3, 0.4) is 0 Å². The molecule has 4 nitrogen and oxygen atoms in total. The van der Waals surface area contributed by atoms with Gasteiger partial charge in [0.05, 0.1) is 12.2 Å². The van der Waals surface area contributed by atoms with Crippen molar-refractivity contribution in [1.29, 1.82) is 0 Å². The molecule has 0 aromatic heterocycles. The Labute approximate surface area is 94.0 Å². The Morgan fingerprint density at radius 3 is 2.81 bits per heavy atom. The van der Waals surface area contributed by atoms with Gasteiger partial charge >= 0.3 is 5.97 Å². The fraction of sp³-hybridized carbons (Fsp3) is 0.417. The third-order valence-corrected chi connectivity index (χ3v) is 2.85. The number of ether oxygens (including phenoxy) is 1. The van der Waals surface area contributed by atoms with Crippen LogP contribution in [-0.2, 0) is 12.8 Å². The Balaban J connectivity index is 2.49. The van der Waals surface area contributed by atoms with Crippen molar-refractivity contribution in [1.82, 2.24) is 0 Å². The number of fused-ring (bicyclic) bond motifs is 1. The van der Waals surface area contributed by atoms with Crippen molar-refractivity contribution in [2.24, 2.45) is 5.73 Å². The summed E-state index contributed by atoms with van der Waals surface area (Å²) >= 11 is 0. The summed E-state index contributed by atoms with van der Waals surface area (Å²) in [6, 6.07) is 3.34. The van der Waals surface area contributed by atoms with Gasteiger partial charge in [0.15, 0.2) is 0 Å². The molecule has 1 atom stereocenters. The van der Waals surface area contributed by atoms with Gasteiger partial charge in [0.1, 0.15) is 5.75 Å². The van der Waals surface area contributed by atoms with Crippen LogP contribution in [0.1, 0.15) is 28.4 Å². The van der Waals surface area contributed by atoms with E-state index in [0.717, 1.165) is 16.9 Å². The average Bonchev–Trinajstić information content (AvgIpc) is 2.59. The second-order valence-electron chi connectivity index (χ2n) is 3.97. The van der Waals surface area contributed by atoms with Gasteiger partial charge in [-0.3, -0.25) is 0 Å². The van der Waals surface area contributed by atoms with E-state index < -0.39 is 5.97 Å². The largest absolute Gasteiger partial charge is 0.494 e. The smallest absolute Gasteiger partial charge is 0.335 e. The van der Waals surface area contributed by atoms with Gasteiger partial charge in [-0.05, 0) is 43.0 Å². The molecule has 86 valence electrons. The zero-order valence-electron chi connectivity index (χ0n) is 9.19. The molecule has 0 spiro atoms. The Morgan fingerprint density at radius 1 is 1.50 bits per heavy atom. The van der Waals surface area contributed by atoms with Crippen molar-refractivity contribution in [2.45, 2.75) is 25.8 Å². The molecule has 0 saturated carbocycles. The molecule has 1 aliphatic carbocycles. The number of carboxylic acid groups (broad SMARTS) is 1. The summed E-state index contributed by atoms with van der Waals surface area (Å²) in [4.78, 5) is 11.1. The van der Waals surface area contributed by atoms with Crippen LogP contribution in [0.25, 0.3) is 0 Å². The summed E-state index contributed by atoms with van der Waals surface area (Å²) in [5.41, 5.74) is 8.03. The second-order valence-corrected chi connectivity index (χ2v) is 3.97. The molecule has 0 bridgehead atoms. The number of carboxylic acids is 1. The molecule has 0 saturated heterocycles. The predicted octanol–water partition coefficient (Wildman–Crippen LogP) is 1.21. The lowest BCUT2D eigenvalue weighted by molar-refractivity contribution is 0.0695. The monoisotopic (exact) mass is 221 g/mol. The minimum atomic E-state index is -0.895. The second kappa shape index (κ2) is 4.14. The summed E-state index contributed by atoms with van der Waals surface area (Å²) in [7, 11) is 0. The maximum absolute atomic E-state index is 11.1. The zero-order valence-corrected chi connectivity index (χ0v) is 9.19. The highest BCUT2D eigenvalue weighted by Gasteiger charge is 2.26. The van der Waals surface area contributed by atoms with Crippen LogP contribution in [0.4, 0.5) is 0 Å². The van der Waals surface area contributed by atoms with E-state index in [1.165, 1.54) is 0 Å². The van der Waals surface area contributed by atoms with Crippen LogP contribution in [0.15, 0.2) is 12.1 Å². The van der Waals surface area contributed by atoms with Gasteiger partial charge in [-0.25, -0.2) is 4.79 Å². The Hall–Kier alpha value is -1.55. The molecule has 1 aliphatic rings. The number of aromatic carboxylic acids is 1. The molecular formula is C12H15NO3. The van der Waals surface area contributed by atoms with Crippen molar-refractivity contribution < 1.29 is 14.6 Å². The summed E-state index contributed by atoms with van der Waals surface area (Å²) in [6.45, 7) is 2.49. The highest BCUT2D eigenvalue weighted by Crippen LogP contribution is 2.32. The summed E-state index contributed by atoms with van der Waals surface area (Å²) in [5.74, 6) is -0.121. The van der Waals surface area contributed by atoms with Crippen LogP contribution < -0.4 is 10.5 Å². The SMILES string of the molecule is CCOc1ccc(C(=O)O)c2c1CC(N)C2. The van der Waals surface area contributed by atoms with Gasteiger partial charge in [0.2, 0.25) is 0 Å². The first kappa shape index (κ1) is 11.0. The van der Waals surface area contributed by atoms with Crippen molar-refractivity contribution in [3.8, 4) is 5.75 Å². The third-order valence-electron chi connectivity index (χ3n) is 2.85. The molecular weight excluding hydrogens is 206 g/mol. The number of benzene rings is 1. The standard InChI is InChI=1S/C12H15NO3/c1-2-16-11-4-3-8(12(14)15)9-5-7(13)6-10(9)11/h3-4,7H,2,5-6,13H2,1H3,(H,14,15). The quantitative estimate of drug-likeness (QED) is 0.804. The minimum absolute atomic E-state index is 0.00899. The Morgan fingerprint density at radius 2 is 2.19 bits per heavy atom. The molecule has 1 aromatic carbocycles. The molecule has 0 radical (unpaired) electrons. The van der Waals surface area contributed by atoms with Crippen LogP contribution in [0, 0.1) is 0 Å². The zero-order chi connectivity index (χ0) is 11.7. The van der Waals surface area contributed by atoms with Crippen LogP contribution in [0.2, 0.25) is 0 Å². The van der Waals surface area contributed by atoms with E-state index in [-0.39, 0.29) is 6.04 Å². The number of rotatable bonds is 3. The minimum Gasteiger partial charge on any atom is -0.494 e. The highest BCUT2D eigenvalue weighted by atomic mass is 16.5. The maximum Gasteiger partial charge on any atom is 0.335 e. The number of hydrogen-bond donors (Lipinski definition) is 2. The molecule has 0 amide bonds. The normalized spacial score (nSPS) is 18.2. The first-order chi connectivity index (χ1) is 7.63. The summed E-state index contributed by atoms with van der Waals surface area (Å²) < 4.78 is 5.48. The molecule has 0 heterocycles. The van der Waals surface area contributed by atoms with E-state index in [0.29, 0.717) is 25.0 Å². The van der Waals surface area contributed by atoms with Gasteiger partial charge < -0.3 is 15.6 Å².